The molecule has 0 bridgehead atoms. The third-order valence-corrected chi connectivity index (χ3v) is 3.63. The highest BCUT2D eigenvalue weighted by atomic mass is 35.5. The van der Waals surface area contributed by atoms with Crippen LogP contribution in [0, 0.1) is 0 Å². The monoisotopic (exact) mass is 280 g/mol. The summed E-state index contributed by atoms with van der Waals surface area (Å²) >= 11 is 6.02. The molecule has 4 nitrogen and oxygen atoms in total. The Morgan fingerprint density at radius 1 is 1.21 bits per heavy atom. The van der Waals surface area contributed by atoms with Crippen molar-refractivity contribution in [2.45, 2.75) is 33.1 Å². The highest BCUT2D eigenvalue weighted by Gasteiger charge is 2.13. The zero-order valence-electron chi connectivity index (χ0n) is 11.6. The molecule has 0 atom stereocenters. The summed E-state index contributed by atoms with van der Waals surface area (Å²) < 4.78 is 2.03. The van der Waals surface area contributed by atoms with E-state index in [1.165, 1.54) is 25.9 Å². The molecule has 1 aliphatic rings. The van der Waals surface area contributed by atoms with Crippen LogP contribution < -0.4 is 0 Å². The lowest BCUT2D eigenvalue weighted by Gasteiger charge is -2.13. The summed E-state index contributed by atoms with van der Waals surface area (Å²) in [5, 5.41) is 0.521. The van der Waals surface area contributed by atoms with E-state index in [1.54, 1.807) is 12.4 Å². The van der Waals surface area contributed by atoms with Crippen LogP contribution >= 0.6 is 11.6 Å². The first-order valence-corrected chi connectivity index (χ1v) is 7.41. The summed E-state index contributed by atoms with van der Waals surface area (Å²) in [6, 6.07) is 0. The lowest BCUT2D eigenvalue weighted by atomic mass is 10.3. The molecule has 5 heteroatoms. The molecule has 104 valence electrons. The number of rotatable bonds is 3. The second-order valence-electron chi connectivity index (χ2n) is 4.45. The number of halogens is 1. The number of hydrogen-bond acceptors (Lipinski definition) is 3. The normalized spacial score (nSPS) is 15.5. The van der Waals surface area contributed by atoms with E-state index in [9.17, 15) is 0 Å². The molecular weight excluding hydrogens is 260 g/mol. The molecule has 19 heavy (non-hydrogen) atoms. The van der Waals surface area contributed by atoms with Gasteiger partial charge in [-0.05, 0) is 25.9 Å². The van der Waals surface area contributed by atoms with Crippen LogP contribution in [0.4, 0.5) is 0 Å². The fourth-order valence-electron chi connectivity index (χ4n) is 2.40. The molecule has 0 spiro atoms. The van der Waals surface area contributed by atoms with Gasteiger partial charge in [0.25, 0.3) is 0 Å². The number of nitrogens with zero attached hydrogens (tertiary/aromatic N) is 4. The average Bonchev–Trinajstić information content (AvgIpc) is 3.08. The molecule has 2 aromatic rings. The first kappa shape index (κ1) is 14.3. The van der Waals surface area contributed by atoms with Gasteiger partial charge >= 0.3 is 0 Å². The van der Waals surface area contributed by atoms with Crippen LogP contribution in [0.5, 0.6) is 0 Å². The Morgan fingerprint density at radius 3 is 2.68 bits per heavy atom. The highest BCUT2D eigenvalue weighted by Crippen LogP contribution is 2.16. The molecule has 0 saturated carbocycles. The number of aromatic nitrogens is 3. The van der Waals surface area contributed by atoms with Gasteiger partial charge in [0.2, 0.25) is 0 Å². The van der Waals surface area contributed by atoms with E-state index in [2.05, 4.69) is 14.9 Å². The summed E-state index contributed by atoms with van der Waals surface area (Å²) in [5.74, 6) is 1.07. The van der Waals surface area contributed by atoms with Gasteiger partial charge in [-0.3, -0.25) is 4.40 Å². The molecule has 2 aromatic heterocycles. The molecule has 0 aromatic carbocycles. The molecule has 1 saturated heterocycles. The quantitative estimate of drug-likeness (QED) is 0.866. The highest BCUT2D eigenvalue weighted by molar-refractivity contribution is 6.32. The second-order valence-corrected chi connectivity index (χ2v) is 4.80. The van der Waals surface area contributed by atoms with E-state index in [-0.39, 0.29) is 0 Å². The molecule has 0 unspecified atom stereocenters. The van der Waals surface area contributed by atoms with Crippen molar-refractivity contribution in [3.05, 3.63) is 29.6 Å². The summed E-state index contributed by atoms with van der Waals surface area (Å²) in [5.41, 5.74) is 0.894. The predicted molar refractivity (Wildman–Crippen MR) is 78.7 cm³/mol. The minimum absolute atomic E-state index is 0.521. The molecule has 3 rings (SSSR count). The van der Waals surface area contributed by atoms with Crippen molar-refractivity contribution in [1.82, 2.24) is 19.3 Å². The van der Waals surface area contributed by atoms with Crippen molar-refractivity contribution in [2.24, 2.45) is 0 Å². The van der Waals surface area contributed by atoms with E-state index < -0.39 is 0 Å². The molecule has 0 amide bonds. The van der Waals surface area contributed by atoms with Gasteiger partial charge < -0.3 is 4.90 Å². The van der Waals surface area contributed by atoms with E-state index in [0.717, 1.165) is 24.3 Å². The molecule has 3 heterocycles. The molecule has 1 fully saturated rings. The van der Waals surface area contributed by atoms with Crippen molar-refractivity contribution >= 4 is 17.1 Å². The van der Waals surface area contributed by atoms with Crippen molar-refractivity contribution < 1.29 is 0 Å². The van der Waals surface area contributed by atoms with Crippen LogP contribution in [0.3, 0.4) is 0 Å². The Morgan fingerprint density at radius 2 is 1.95 bits per heavy atom. The van der Waals surface area contributed by atoms with Crippen LogP contribution in [0.15, 0.2) is 18.6 Å². The number of imidazole rings is 1. The Kier molecular flexibility index (Phi) is 5.16. The Balaban J connectivity index is 0.000000637. The minimum Gasteiger partial charge on any atom is -0.303 e. The maximum absolute atomic E-state index is 6.02. The predicted octanol–water partition coefficient (Wildman–Crippen LogP) is 3.05. The molecule has 0 N–H and O–H groups in total. The van der Waals surface area contributed by atoms with Crippen molar-refractivity contribution in [3.8, 4) is 0 Å². The van der Waals surface area contributed by atoms with Gasteiger partial charge in [0.15, 0.2) is 5.15 Å². The van der Waals surface area contributed by atoms with Crippen LogP contribution in [-0.4, -0.2) is 38.9 Å². The number of fused-ring (bicyclic) bond motifs is 1. The van der Waals surface area contributed by atoms with Gasteiger partial charge in [-0.2, -0.15) is 0 Å². The van der Waals surface area contributed by atoms with Crippen molar-refractivity contribution in [1.29, 1.82) is 0 Å². The second kappa shape index (κ2) is 6.87. The minimum atomic E-state index is 0.521. The van der Waals surface area contributed by atoms with E-state index >= 15 is 0 Å². The van der Waals surface area contributed by atoms with Crippen LogP contribution in [0.1, 0.15) is 32.5 Å². The van der Waals surface area contributed by atoms with Gasteiger partial charge in [-0.25, -0.2) is 9.97 Å². The number of likely N-dealkylation sites (tertiary alicyclic amines) is 1. The van der Waals surface area contributed by atoms with Gasteiger partial charge in [-0.15, -0.1) is 0 Å². The molecular formula is C14H21ClN4. The van der Waals surface area contributed by atoms with Gasteiger partial charge in [-0.1, -0.05) is 25.4 Å². The lowest BCUT2D eigenvalue weighted by molar-refractivity contribution is 0.340. The van der Waals surface area contributed by atoms with Gasteiger partial charge in [0.05, 0.1) is 6.20 Å². The fourth-order valence-corrected chi connectivity index (χ4v) is 2.60. The van der Waals surface area contributed by atoms with Gasteiger partial charge in [0.1, 0.15) is 11.3 Å². The summed E-state index contributed by atoms with van der Waals surface area (Å²) in [6.07, 6.45) is 9.07. The summed E-state index contributed by atoms with van der Waals surface area (Å²) in [4.78, 5) is 11.0. The first-order chi connectivity index (χ1) is 9.34. The Labute approximate surface area is 119 Å². The Hall–Kier alpha value is -1.13. The lowest BCUT2D eigenvalue weighted by Crippen LogP contribution is -2.22. The number of hydrogen-bond donors (Lipinski definition) is 0. The maximum Gasteiger partial charge on any atom is 0.154 e. The zero-order valence-corrected chi connectivity index (χ0v) is 12.4. The molecule has 0 radical (unpaired) electrons. The van der Waals surface area contributed by atoms with E-state index in [1.807, 2.05) is 24.4 Å². The maximum atomic E-state index is 6.02. The standard InChI is InChI=1S/C12H15ClN4.C2H6/c13-12-10-9-15-11(17(10)8-4-14-12)3-7-16-5-1-2-6-16;1-2/h4,8-9H,1-3,5-7H2;1-2H3. The third-order valence-electron chi connectivity index (χ3n) is 3.34. The van der Waals surface area contributed by atoms with Crippen molar-refractivity contribution in [2.75, 3.05) is 19.6 Å². The van der Waals surface area contributed by atoms with Crippen molar-refractivity contribution in [3.63, 3.8) is 0 Å². The van der Waals surface area contributed by atoms with E-state index in [4.69, 9.17) is 11.6 Å². The summed E-state index contributed by atoms with van der Waals surface area (Å²) in [6.45, 7) is 7.54. The Bertz CT molecular complexity index is 517. The van der Waals surface area contributed by atoms with Crippen LogP contribution in [0.25, 0.3) is 5.52 Å². The third kappa shape index (κ3) is 3.25. The molecule has 1 aliphatic heterocycles. The summed E-state index contributed by atoms with van der Waals surface area (Å²) in [7, 11) is 0. The SMILES string of the molecule is CC.Clc1nccn2c(CCN3CCCC3)ncc12. The smallest absolute Gasteiger partial charge is 0.154 e. The largest absolute Gasteiger partial charge is 0.303 e. The van der Waals surface area contributed by atoms with E-state index in [0.29, 0.717) is 5.15 Å². The zero-order chi connectivity index (χ0) is 13.7. The average molecular weight is 281 g/mol. The molecule has 0 aliphatic carbocycles. The topological polar surface area (TPSA) is 33.4 Å². The van der Waals surface area contributed by atoms with Crippen LogP contribution in [0.2, 0.25) is 5.15 Å². The fraction of sp³-hybridized carbons (Fsp3) is 0.571. The first-order valence-electron chi connectivity index (χ1n) is 7.03. The van der Waals surface area contributed by atoms with Crippen LogP contribution in [-0.2, 0) is 6.42 Å². The van der Waals surface area contributed by atoms with Gasteiger partial charge in [0, 0.05) is 25.4 Å².